The third-order valence-corrected chi connectivity index (χ3v) is 3.40. The van der Waals surface area contributed by atoms with E-state index in [9.17, 15) is 10.2 Å². The quantitative estimate of drug-likeness (QED) is 0.261. The summed E-state index contributed by atoms with van der Waals surface area (Å²) in [5.41, 5.74) is 0.173. The van der Waals surface area contributed by atoms with E-state index in [1.165, 1.54) is 26.4 Å². The van der Waals surface area contributed by atoms with Crippen LogP contribution in [0.25, 0.3) is 0 Å². The van der Waals surface area contributed by atoms with E-state index in [-0.39, 0.29) is 72.8 Å². The molecule has 12 nitrogen and oxygen atoms in total. The second-order valence-corrected chi connectivity index (χ2v) is 5.20. The number of nitrogens with zero attached hydrogens (tertiary/aromatic N) is 3. The lowest BCUT2D eigenvalue weighted by molar-refractivity contribution is 0.182. The van der Waals surface area contributed by atoms with Crippen LogP contribution in [0.1, 0.15) is 0 Å². The average Bonchev–Trinajstić information content (AvgIpc) is 2.70. The molecule has 0 bridgehead atoms. The van der Waals surface area contributed by atoms with Gasteiger partial charge in [-0.25, -0.2) is 5.84 Å². The predicted octanol–water partition coefficient (Wildman–Crippen LogP) is -0.341. The Bertz CT molecular complexity index is 805. The van der Waals surface area contributed by atoms with Crippen LogP contribution < -0.4 is 29.8 Å². The molecular weight excluding hydrogens is 376 g/mol. The minimum Gasteiger partial charge on any atom is -0.503 e. The normalized spacial score (nSPS) is 10.5. The smallest absolute Gasteiger partial charge is 0.260 e. The number of aliphatic hydroxyl groups excluding tert-OH is 2. The lowest BCUT2D eigenvalue weighted by atomic mass is 10.3. The highest BCUT2D eigenvalue weighted by molar-refractivity contribution is 5.73. The zero-order valence-electron chi connectivity index (χ0n) is 15.3. The molecule has 0 saturated heterocycles. The van der Waals surface area contributed by atoms with E-state index >= 15 is 0 Å². The Balaban J connectivity index is 2.52. The van der Waals surface area contributed by atoms with E-state index in [0.29, 0.717) is 0 Å². The molecule has 6 N–H and O–H groups in total. The maximum absolute atomic E-state index is 10.2. The van der Waals surface area contributed by atoms with Crippen molar-refractivity contribution >= 4 is 11.4 Å². The van der Waals surface area contributed by atoms with Crippen molar-refractivity contribution in [2.24, 2.45) is 5.84 Å². The van der Waals surface area contributed by atoms with Crippen molar-refractivity contribution in [1.82, 2.24) is 9.97 Å². The van der Waals surface area contributed by atoms with Crippen molar-refractivity contribution in [1.29, 1.82) is 0 Å². The molecule has 2 aromatic heterocycles. The van der Waals surface area contributed by atoms with Gasteiger partial charge >= 0.3 is 0 Å². The predicted molar refractivity (Wildman–Crippen MR) is 96.4 cm³/mol. The monoisotopic (exact) mass is 398 g/mol. The van der Waals surface area contributed by atoms with Crippen LogP contribution in [0.3, 0.4) is 0 Å². The largest absolute Gasteiger partial charge is 0.503 e. The fourth-order valence-electron chi connectivity index (χ4n) is 2.19. The zero-order chi connectivity index (χ0) is 20.7. The van der Waals surface area contributed by atoms with Crippen LogP contribution in [0.2, 0.25) is 0 Å². The van der Waals surface area contributed by atoms with Crippen molar-refractivity contribution in [2.45, 2.75) is 0 Å². The first-order valence-corrected chi connectivity index (χ1v) is 8.04. The van der Waals surface area contributed by atoms with Crippen LogP contribution in [-0.2, 0) is 0 Å². The first-order valence-electron chi connectivity index (χ1n) is 8.04. The summed E-state index contributed by atoms with van der Waals surface area (Å²) < 4.78 is 20.6. The van der Waals surface area contributed by atoms with Gasteiger partial charge in [0.15, 0.2) is 11.5 Å². The van der Waals surface area contributed by atoms with Crippen molar-refractivity contribution < 1.29 is 39.4 Å². The molecule has 0 radical (unpaired) electrons. The summed E-state index contributed by atoms with van der Waals surface area (Å²) >= 11 is 0. The maximum Gasteiger partial charge on any atom is 0.260 e. The van der Waals surface area contributed by atoms with Crippen LogP contribution in [0.5, 0.6) is 35.0 Å². The summed E-state index contributed by atoms with van der Waals surface area (Å²) in [4.78, 5) is 8.01. The summed E-state index contributed by atoms with van der Waals surface area (Å²) in [5.74, 6) is 5.13. The minimum absolute atomic E-state index is 0.0188. The molecule has 0 atom stereocenters. The van der Waals surface area contributed by atoms with E-state index in [4.69, 9.17) is 35.0 Å². The van der Waals surface area contributed by atoms with Gasteiger partial charge in [-0.2, -0.15) is 9.97 Å². The Hall–Kier alpha value is -3.22. The van der Waals surface area contributed by atoms with Gasteiger partial charge in [0, 0.05) is 12.1 Å². The number of rotatable bonds is 10. The average molecular weight is 398 g/mol. The van der Waals surface area contributed by atoms with E-state index in [1.807, 2.05) is 0 Å². The standard InChI is InChI=1S/C16H22N4O8/c1-25-13-9(7-11(23)15(18-13)26-2)20(17)10-8-12(24)16(28-6-4-22)19-14(10)27-5-3-21/h7-8,21-24H,3-6,17H2,1-2H3. The Morgan fingerprint density at radius 2 is 1.29 bits per heavy atom. The van der Waals surface area contributed by atoms with Gasteiger partial charge in [0.25, 0.3) is 11.8 Å². The molecule has 2 rings (SSSR count). The van der Waals surface area contributed by atoms with Gasteiger partial charge in [-0.05, 0) is 0 Å². The lowest BCUT2D eigenvalue weighted by Crippen LogP contribution is -2.27. The van der Waals surface area contributed by atoms with Gasteiger partial charge < -0.3 is 39.4 Å². The first kappa shape index (κ1) is 21.1. The summed E-state index contributed by atoms with van der Waals surface area (Å²) in [6.07, 6.45) is 0. The zero-order valence-corrected chi connectivity index (χ0v) is 15.3. The molecule has 0 aliphatic rings. The van der Waals surface area contributed by atoms with Crippen molar-refractivity contribution in [3.05, 3.63) is 12.1 Å². The van der Waals surface area contributed by atoms with Crippen LogP contribution in [-0.4, -0.2) is 71.0 Å². The number of hydrogen-bond acceptors (Lipinski definition) is 12. The molecule has 0 aliphatic carbocycles. The highest BCUT2D eigenvalue weighted by Gasteiger charge is 2.23. The number of nitrogens with two attached hydrogens (primary N) is 1. The summed E-state index contributed by atoms with van der Waals surface area (Å²) in [7, 11) is 2.68. The highest BCUT2D eigenvalue weighted by atomic mass is 16.5. The number of pyridine rings is 2. The number of ether oxygens (including phenoxy) is 4. The third kappa shape index (κ3) is 4.54. The Labute approximate surface area is 160 Å². The Morgan fingerprint density at radius 3 is 1.82 bits per heavy atom. The Kier molecular flexibility index (Phi) is 7.26. The number of hydrogen-bond donors (Lipinski definition) is 5. The van der Waals surface area contributed by atoms with Gasteiger partial charge in [-0.15, -0.1) is 0 Å². The number of aromatic hydroxyl groups is 2. The Morgan fingerprint density at radius 1 is 0.821 bits per heavy atom. The number of aliphatic hydroxyl groups is 2. The SMILES string of the molecule is COc1nc(OC)c(N(N)c2cc(O)c(OCCO)nc2OCCO)cc1O. The van der Waals surface area contributed by atoms with Crippen molar-refractivity contribution in [2.75, 3.05) is 45.7 Å². The van der Waals surface area contributed by atoms with E-state index in [1.54, 1.807) is 0 Å². The number of anilines is 2. The molecule has 0 unspecified atom stereocenters. The first-order chi connectivity index (χ1) is 13.5. The number of methoxy groups -OCH3 is 2. The van der Waals surface area contributed by atoms with Crippen LogP contribution >= 0.6 is 0 Å². The molecule has 0 aromatic carbocycles. The van der Waals surface area contributed by atoms with Gasteiger partial charge in [0.05, 0.1) is 27.4 Å². The molecule has 0 spiro atoms. The van der Waals surface area contributed by atoms with Gasteiger partial charge in [0.2, 0.25) is 11.8 Å². The van der Waals surface area contributed by atoms with Crippen molar-refractivity contribution in [3.63, 3.8) is 0 Å². The molecule has 0 aliphatic heterocycles. The number of hydrazine groups is 1. The van der Waals surface area contributed by atoms with Gasteiger partial charge in [0.1, 0.15) is 24.6 Å². The topological polar surface area (TPSA) is 173 Å². The number of aromatic nitrogens is 2. The van der Waals surface area contributed by atoms with E-state index < -0.39 is 0 Å². The van der Waals surface area contributed by atoms with Crippen LogP contribution in [0, 0.1) is 0 Å². The molecule has 2 aromatic rings. The molecule has 0 saturated carbocycles. The van der Waals surface area contributed by atoms with E-state index in [2.05, 4.69) is 9.97 Å². The second kappa shape index (κ2) is 9.64. The summed E-state index contributed by atoms with van der Waals surface area (Å²) in [5, 5.41) is 39.1. The fraction of sp³-hybridized carbons (Fsp3) is 0.375. The van der Waals surface area contributed by atoms with E-state index in [0.717, 1.165) is 5.01 Å². The highest BCUT2D eigenvalue weighted by Crippen LogP contribution is 2.42. The molecule has 12 heteroatoms. The molecular formula is C16H22N4O8. The van der Waals surface area contributed by atoms with Crippen LogP contribution in [0.4, 0.5) is 11.4 Å². The van der Waals surface area contributed by atoms with Crippen molar-refractivity contribution in [3.8, 4) is 35.0 Å². The van der Waals surface area contributed by atoms with Gasteiger partial charge in [-0.1, -0.05) is 0 Å². The van der Waals surface area contributed by atoms with Gasteiger partial charge in [-0.3, -0.25) is 5.01 Å². The van der Waals surface area contributed by atoms with Crippen LogP contribution in [0.15, 0.2) is 12.1 Å². The maximum atomic E-state index is 10.2. The molecule has 2 heterocycles. The second-order valence-electron chi connectivity index (χ2n) is 5.20. The minimum atomic E-state index is -0.375. The molecule has 28 heavy (non-hydrogen) atoms. The summed E-state index contributed by atoms with van der Waals surface area (Å²) in [6, 6.07) is 2.45. The lowest BCUT2D eigenvalue weighted by Gasteiger charge is -2.23. The fourth-order valence-corrected chi connectivity index (χ4v) is 2.19. The molecule has 0 fully saturated rings. The molecule has 0 amide bonds. The molecule has 154 valence electrons. The summed E-state index contributed by atoms with van der Waals surface area (Å²) in [6.45, 7) is -0.794. The third-order valence-electron chi connectivity index (χ3n) is 3.40.